The summed E-state index contributed by atoms with van der Waals surface area (Å²) in [5, 5.41) is 19.1. The highest BCUT2D eigenvalue weighted by atomic mass is 16.6. The van der Waals surface area contributed by atoms with Crippen LogP contribution in [0.1, 0.15) is 12.5 Å². The van der Waals surface area contributed by atoms with E-state index in [1.165, 1.54) is 0 Å². The highest BCUT2D eigenvalue weighted by Crippen LogP contribution is 2.20. The molecule has 2 bridgehead atoms. The van der Waals surface area contributed by atoms with Crippen LogP contribution in [0.4, 0.5) is 4.79 Å². The number of aliphatic hydroxyl groups is 1. The van der Waals surface area contributed by atoms with Crippen LogP contribution in [0.3, 0.4) is 0 Å². The molecule has 27 heavy (non-hydrogen) atoms. The second-order valence-electron chi connectivity index (χ2n) is 6.80. The summed E-state index contributed by atoms with van der Waals surface area (Å²) in [4.78, 5) is 15.8. The van der Waals surface area contributed by atoms with Crippen LogP contribution in [0, 0.1) is 11.3 Å². The molecule has 0 aliphatic carbocycles. The smallest absolute Gasteiger partial charge is 0.409 e. The molecular formula is C19H25N3O5. The normalized spacial score (nSPS) is 23.4. The number of nitriles is 1. The van der Waals surface area contributed by atoms with E-state index < -0.39 is 6.10 Å². The van der Waals surface area contributed by atoms with Crippen LogP contribution in [0.5, 0.6) is 5.75 Å². The minimum Gasteiger partial charge on any atom is -0.491 e. The molecule has 0 spiro atoms. The van der Waals surface area contributed by atoms with Crippen LogP contribution in [-0.4, -0.2) is 85.2 Å². The molecule has 8 nitrogen and oxygen atoms in total. The molecule has 8 heteroatoms. The van der Waals surface area contributed by atoms with Crippen LogP contribution < -0.4 is 4.74 Å². The van der Waals surface area contributed by atoms with E-state index in [4.69, 9.17) is 19.5 Å². The number of carbonyl (C=O) groups is 1. The van der Waals surface area contributed by atoms with Crippen molar-refractivity contribution >= 4 is 6.09 Å². The fourth-order valence-corrected chi connectivity index (χ4v) is 3.46. The average Bonchev–Trinajstić information content (AvgIpc) is 2.66. The molecule has 1 amide bonds. The van der Waals surface area contributed by atoms with E-state index in [9.17, 15) is 9.90 Å². The topological polar surface area (TPSA) is 95.3 Å². The van der Waals surface area contributed by atoms with Gasteiger partial charge in [-0.1, -0.05) is 0 Å². The van der Waals surface area contributed by atoms with Crippen molar-refractivity contribution in [1.82, 2.24) is 9.80 Å². The number of amides is 1. The van der Waals surface area contributed by atoms with Crippen LogP contribution in [0.2, 0.25) is 0 Å². The van der Waals surface area contributed by atoms with Gasteiger partial charge < -0.3 is 24.2 Å². The maximum Gasteiger partial charge on any atom is 0.409 e. The van der Waals surface area contributed by atoms with E-state index in [0.717, 1.165) is 0 Å². The van der Waals surface area contributed by atoms with E-state index in [0.29, 0.717) is 50.6 Å². The van der Waals surface area contributed by atoms with Crippen molar-refractivity contribution in [3.05, 3.63) is 29.8 Å². The number of hydrogen-bond donors (Lipinski definition) is 1. The number of ether oxygens (including phenoxy) is 3. The molecule has 2 unspecified atom stereocenters. The number of rotatable bonds is 6. The van der Waals surface area contributed by atoms with E-state index in [-0.39, 0.29) is 24.9 Å². The van der Waals surface area contributed by atoms with Crippen LogP contribution in [-0.2, 0) is 9.47 Å². The van der Waals surface area contributed by atoms with Crippen molar-refractivity contribution in [3.63, 3.8) is 0 Å². The number of nitrogens with zero attached hydrogens (tertiary/aromatic N) is 3. The number of carbonyl (C=O) groups excluding carboxylic acids is 1. The maximum atomic E-state index is 11.9. The number of hydrogen-bond acceptors (Lipinski definition) is 7. The second-order valence-corrected chi connectivity index (χ2v) is 6.80. The molecule has 2 fully saturated rings. The first-order valence-electron chi connectivity index (χ1n) is 9.18. The van der Waals surface area contributed by atoms with Gasteiger partial charge in [-0.3, -0.25) is 4.90 Å². The average molecular weight is 375 g/mol. The Morgan fingerprint density at radius 3 is 2.56 bits per heavy atom. The van der Waals surface area contributed by atoms with Crippen LogP contribution in [0.15, 0.2) is 24.3 Å². The maximum absolute atomic E-state index is 11.9. The van der Waals surface area contributed by atoms with Gasteiger partial charge in [-0.2, -0.15) is 5.26 Å². The van der Waals surface area contributed by atoms with Gasteiger partial charge in [0, 0.05) is 19.6 Å². The zero-order chi connectivity index (χ0) is 19.2. The number of β-amino-alcohol motifs (C(OH)–C–C–N with tert-alkyl or cyclic N) is 1. The quantitative estimate of drug-likeness (QED) is 0.787. The summed E-state index contributed by atoms with van der Waals surface area (Å²) in [5.74, 6) is 0.622. The Balaban J connectivity index is 1.44. The third kappa shape index (κ3) is 5.32. The van der Waals surface area contributed by atoms with Gasteiger partial charge in [0.2, 0.25) is 0 Å². The van der Waals surface area contributed by atoms with Gasteiger partial charge in [-0.05, 0) is 31.2 Å². The first-order chi connectivity index (χ1) is 13.1. The third-order valence-corrected chi connectivity index (χ3v) is 4.58. The summed E-state index contributed by atoms with van der Waals surface area (Å²) in [6.45, 7) is 5.12. The Labute approximate surface area is 158 Å². The minimum absolute atomic E-state index is 0.0754. The van der Waals surface area contributed by atoms with Gasteiger partial charge in [0.15, 0.2) is 0 Å². The second kappa shape index (κ2) is 9.04. The summed E-state index contributed by atoms with van der Waals surface area (Å²) < 4.78 is 16.6. The molecule has 0 saturated carbocycles. The SMILES string of the molecule is CCOC(=O)N1CC2CN(C[C@H](O)COc3ccc(C#N)cc3)CC(C1)O2. The molecule has 1 aromatic carbocycles. The first kappa shape index (κ1) is 19.4. The number of fused-ring (bicyclic) bond motifs is 2. The third-order valence-electron chi connectivity index (χ3n) is 4.58. The van der Waals surface area contributed by atoms with Crippen molar-refractivity contribution in [3.8, 4) is 11.8 Å². The molecule has 0 aromatic heterocycles. The molecule has 1 aromatic rings. The Bertz CT molecular complexity index is 661. The van der Waals surface area contributed by atoms with E-state index in [1.54, 1.807) is 36.1 Å². The Hall–Kier alpha value is -2.34. The van der Waals surface area contributed by atoms with Crippen LogP contribution in [0.25, 0.3) is 0 Å². The van der Waals surface area contributed by atoms with Gasteiger partial charge in [-0.15, -0.1) is 0 Å². The summed E-state index contributed by atoms with van der Waals surface area (Å²) in [6.07, 6.45) is -1.08. The van der Waals surface area contributed by atoms with Gasteiger partial charge in [0.25, 0.3) is 0 Å². The van der Waals surface area contributed by atoms with Crippen molar-refractivity contribution in [1.29, 1.82) is 5.26 Å². The van der Waals surface area contributed by atoms with Gasteiger partial charge in [-0.25, -0.2) is 4.79 Å². The molecule has 2 heterocycles. The van der Waals surface area contributed by atoms with Gasteiger partial charge in [0.1, 0.15) is 18.5 Å². The molecule has 3 rings (SSSR count). The van der Waals surface area contributed by atoms with E-state index >= 15 is 0 Å². The highest BCUT2D eigenvalue weighted by molar-refractivity contribution is 5.67. The van der Waals surface area contributed by atoms with Crippen molar-refractivity contribution in [2.45, 2.75) is 25.2 Å². The van der Waals surface area contributed by atoms with E-state index in [1.807, 2.05) is 0 Å². The molecule has 3 atom stereocenters. The zero-order valence-electron chi connectivity index (χ0n) is 15.4. The van der Waals surface area contributed by atoms with E-state index in [2.05, 4.69) is 11.0 Å². The summed E-state index contributed by atoms with van der Waals surface area (Å²) >= 11 is 0. The molecule has 2 aliphatic rings. The molecule has 1 N–H and O–H groups in total. The van der Waals surface area contributed by atoms with Crippen molar-refractivity contribution in [2.75, 3.05) is 45.9 Å². The number of aliphatic hydroxyl groups excluding tert-OH is 1. The molecule has 2 saturated heterocycles. The lowest BCUT2D eigenvalue weighted by atomic mass is 10.1. The van der Waals surface area contributed by atoms with Crippen LogP contribution >= 0.6 is 0 Å². The van der Waals surface area contributed by atoms with Gasteiger partial charge >= 0.3 is 6.09 Å². The highest BCUT2D eigenvalue weighted by Gasteiger charge is 2.37. The summed E-state index contributed by atoms with van der Waals surface area (Å²) in [5.41, 5.74) is 0.569. The van der Waals surface area contributed by atoms with Gasteiger partial charge in [0.05, 0.1) is 43.5 Å². The van der Waals surface area contributed by atoms with Crippen molar-refractivity contribution in [2.24, 2.45) is 0 Å². The summed E-state index contributed by atoms with van der Waals surface area (Å²) in [7, 11) is 0. The predicted molar refractivity (Wildman–Crippen MR) is 96.4 cm³/mol. The fourth-order valence-electron chi connectivity index (χ4n) is 3.46. The largest absolute Gasteiger partial charge is 0.491 e. The molecular weight excluding hydrogens is 350 g/mol. The Kier molecular flexibility index (Phi) is 6.50. The predicted octanol–water partition coefficient (Wildman–Crippen LogP) is 0.839. The monoisotopic (exact) mass is 375 g/mol. The molecule has 0 radical (unpaired) electrons. The zero-order valence-corrected chi connectivity index (χ0v) is 15.4. The lowest BCUT2D eigenvalue weighted by molar-refractivity contribution is -0.138. The fraction of sp³-hybridized carbons (Fsp3) is 0.579. The lowest BCUT2D eigenvalue weighted by Crippen LogP contribution is -2.61. The standard InChI is InChI=1S/C19H25N3O5/c1-2-25-19(24)22-11-17-9-21(10-18(12-22)27-17)8-15(23)13-26-16-5-3-14(7-20)4-6-16/h3-6,15,17-18,23H,2,8-13H2,1H3/t15-,17?,18?/m0/s1. The summed E-state index contributed by atoms with van der Waals surface area (Å²) in [6, 6.07) is 8.85. The number of morpholine rings is 2. The molecule has 146 valence electrons. The number of benzene rings is 1. The lowest BCUT2D eigenvalue weighted by Gasteiger charge is -2.45. The Morgan fingerprint density at radius 2 is 1.96 bits per heavy atom. The first-order valence-corrected chi connectivity index (χ1v) is 9.18. The Morgan fingerprint density at radius 1 is 1.30 bits per heavy atom. The van der Waals surface area contributed by atoms with Crippen molar-refractivity contribution < 1.29 is 24.1 Å². The minimum atomic E-state index is -0.638. The molecule has 2 aliphatic heterocycles.